The van der Waals surface area contributed by atoms with Crippen LogP contribution < -0.4 is 5.32 Å². The van der Waals surface area contributed by atoms with E-state index < -0.39 is 0 Å². The van der Waals surface area contributed by atoms with E-state index in [2.05, 4.69) is 49.5 Å². The van der Waals surface area contributed by atoms with Gasteiger partial charge < -0.3 is 5.32 Å². The molecule has 1 aromatic carbocycles. The predicted octanol–water partition coefficient (Wildman–Crippen LogP) is 4.44. The van der Waals surface area contributed by atoms with Gasteiger partial charge in [0.05, 0.1) is 5.41 Å². The molecule has 4 fully saturated rings. The van der Waals surface area contributed by atoms with Crippen LogP contribution in [-0.2, 0) is 10.2 Å². The summed E-state index contributed by atoms with van der Waals surface area (Å²) in [5.74, 6) is 1.85. The zero-order chi connectivity index (χ0) is 16.1. The molecule has 0 radical (unpaired) electrons. The number of amides is 1. The maximum absolute atomic E-state index is 13.1. The summed E-state index contributed by atoms with van der Waals surface area (Å²) in [7, 11) is 0. The van der Waals surface area contributed by atoms with Crippen molar-refractivity contribution in [2.75, 3.05) is 0 Å². The third-order valence-corrected chi connectivity index (χ3v) is 6.92. The number of benzene rings is 1. The summed E-state index contributed by atoms with van der Waals surface area (Å²) in [6.07, 6.45) is 8.28. The van der Waals surface area contributed by atoms with Crippen LogP contribution in [0.15, 0.2) is 30.3 Å². The second-order valence-corrected chi connectivity index (χ2v) is 8.67. The van der Waals surface area contributed by atoms with Gasteiger partial charge in [0.2, 0.25) is 5.91 Å². The Balaban J connectivity index is 1.67. The highest BCUT2D eigenvalue weighted by Crippen LogP contribution is 2.65. The number of carbonyl (C=O) groups is 1. The van der Waals surface area contributed by atoms with Crippen LogP contribution in [0, 0.1) is 17.3 Å². The molecule has 124 valence electrons. The maximum Gasteiger partial charge on any atom is 0.226 e. The maximum atomic E-state index is 13.1. The van der Waals surface area contributed by atoms with Crippen molar-refractivity contribution in [1.82, 2.24) is 5.32 Å². The third-order valence-electron chi connectivity index (χ3n) is 6.92. The minimum absolute atomic E-state index is 0.0939. The molecule has 0 aliphatic heterocycles. The Morgan fingerprint density at radius 2 is 1.83 bits per heavy atom. The zero-order valence-corrected chi connectivity index (χ0v) is 14.5. The molecule has 4 saturated carbocycles. The number of carbonyl (C=O) groups excluding carboxylic acids is 1. The first kappa shape index (κ1) is 15.2. The van der Waals surface area contributed by atoms with Crippen molar-refractivity contribution in [3.63, 3.8) is 0 Å². The summed E-state index contributed by atoms with van der Waals surface area (Å²) in [5, 5.41) is 3.32. The monoisotopic (exact) mass is 311 g/mol. The second-order valence-electron chi connectivity index (χ2n) is 8.67. The van der Waals surface area contributed by atoms with E-state index in [1.807, 2.05) is 0 Å². The Morgan fingerprint density at radius 1 is 1.17 bits per heavy atom. The molecule has 5 rings (SSSR count). The van der Waals surface area contributed by atoms with E-state index in [1.165, 1.54) is 24.8 Å². The molecule has 2 heteroatoms. The molecule has 4 aliphatic carbocycles. The molecule has 23 heavy (non-hydrogen) atoms. The fraction of sp³-hybridized carbons (Fsp3) is 0.667. The SMILES string of the molecule is CC[C@H](C)NC(=O)C12C[C@H]3C[C@@H](C1)CC(c1ccccc1)(C3)C2. The molecule has 1 N–H and O–H groups in total. The van der Waals surface area contributed by atoms with Crippen molar-refractivity contribution in [2.24, 2.45) is 17.3 Å². The van der Waals surface area contributed by atoms with Gasteiger partial charge in [-0.2, -0.15) is 0 Å². The van der Waals surface area contributed by atoms with Gasteiger partial charge >= 0.3 is 0 Å². The van der Waals surface area contributed by atoms with Crippen LogP contribution in [0.1, 0.15) is 64.4 Å². The Hall–Kier alpha value is -1.31. The number of hydrogen-bond acceptors (Lipinski definition) is 1. The van der Waals surface area contributed by atoms with E-state index in [0.717, 1.165) is 37.5 Å². The molecule has 4 aliphatic rings. The van der Waals surface area contributed by atoms with E-state index in [0.29, 0.717) is 11.9 Å². The standard InChI is InChI=1S/C21H29NO/c1-3-15(2)22-19(23)21-12-16-9-17(13-21)11-20(10-16,14-21)18-7-5-4-6-8-18/h4-8,15-17H,3,9-14H2,1-2H3,(H,22,23)/t15-,16-,17+,20?,21?/m0/s1. The molecular formula is C21H29NO. The lowest BCUT2D eigenvalue weighted by atomic mass is 9.42. The van der Waals surface area contributed by atoms with Crippen LogP contribution in [0.2, 0.25) is 0 Å². The van der Waals surface area contributed by atoms with Crippen molar-refractivity contribution >= 4 is 5.91 Å². The van der Waals surface area contributed by atoms with Crippen LogP contribution in [0.5, 0.6) is 0 Å². The van der Waals surface area contributed by atoms with Gasteiger partial charge in [0.25, 0.3) is 0 Å². The van der Waals surface area contributed by atoms with Crippen molar-refractivity contribution < 1.29 is 4.79 Å². The topological polar surface area (TPSA) is 29.1 Å². The number of hydrogen-bond donors (Lipinski definition) is 1. The minimum Gasteiger partial charge on any atom is -0.353 e. The molecule has 0 saturated heterocycles. The van der Waals surface area contributed by atoms with Gasteiger partial charge in [-0.15, -0.1) is 0 Å². The molecular weight excluding hydrogens is 282 g/mol. The van der Waals surface area contributed by atoms with Crippen LogP contribution in [0.25, 0.3) is 0 Å². The van der Waals surface area contributed by atoms with Crippen molar-refractivity contribution in [1.29, 1.82) is 0 Å². The molecule has 4 bridgehead atoms. The summed E-state index contributed by atoms with van der Waals surface area (Å²) < 4.78 is 0. The Labute approximate surface area is 140 Å². The normalized spacial score (nSPS) is 39.2. The average molecular weight is 311 g/mol. The highest BCUT2D eigenvalue weighted by atomic mass is 16.2. The summed E-state index contributed by atoms with van der Waals surface area (Å²) in [4.78, 5) is 13.1. The zero-order valence-electron chi connectivity index (χ0n) is 14.5. The van der Waals surface area contributed by atoms with E-state index in [-0.39, 0.29) is 10.8 Å². The van der Waals surface area contributed by atoms with Crippen LogP contribution >= 0.6 is 0 Å². The highest BCUT2D eigenvalue weighted by Gasteiger charge is 2.60. The molecule has 0 heterocycles. The second kappa shape index (κ2) is 5.36. The first-order valence-electron chi connectivity index (χ1n) is 9.42. The van der Waals surface area contributed by atoms with Crippen molar-refractivity contribution in [3.8, 4) is 0 Å². The van der Waals surface area contributed by atoms with E-state index >= 15 is 0 Å². The van der Waals surface area contributed by atoms with E-state index in [1.54, 1.807) is 0 Å². The Morgan fingerprint density at radius 3 is 2.43 bits per heavy atom. The van der Waals surface area contributed by atoms with E-state index in [4.69, 9.17) is 0 Å². The first-order chi connectivity index (χ1) is 11.1. The predicted molar refractivity (Wildman–Crippen MR) is 93.1 cm³/mol. The summed E-state index contributed by atoms with van der Waals surface area (Å²) in [6, 6.07) is 11.3. The molecule has 0 aromatic heterocycles. The van der Waals surface area contributed by atoms with Gasteiger partial charge in [-0.1, -0.05) is 37.3 Å². The molecule has 5 atom stereocenters. The summed E-state index contributed by atoms with van der Waals surface area (Å²) >= 11 is 0. The van der Waals surface area contributed by atoms with Crippen LogP contribution in [-0.4, -0.2) is 11.9 Å². The number of nitrogens with one attached hydrogen (secondary N) is 1. The van der Waals surface area contributed by atoms with Gasteiger partial charge in [0.1, 0.15) is 0 Å². The largest absolute Gasteiger partial charge is 0.353 e. The molecule has 2 nitrogen and oxygen atoms in total. The third kappa shape index (κ3) is 2.42. The molecule has 2 unspecified atom stereocenters. The smallest absolute Gasteiger partial charge is 0.226 e. The Kier molecular flexibility index (Phi) is 3.55. The van der Waals surface area contributed by atoms with Gasteiger partial charge in [0.15, 0.2) is 0 Å². The lowest BCUT2D eigenvalue weighted by molar-refractivity contribution is -0.149. The van der Waals surface area contributed by atoms with Gasteiger partial charge in [-0.05, 0) is 74.7 Å². The van der Waals surface area contributed by atoms with Crippen molar-refractivity contribution in [3.05, 3.63) is 35.9 Å². The fourth-order valence-electron chi connectivity index (χ4n) is 6.14. The Bertz CT molecular complexity index is 579. The fourth-order valence-corrected chi connectivity index (χ4v) is 6.14. The lowest BCUT2D eigenvalue weighted by Gasteiger charge is -2.61. The molecule has 1 aromatic rings. The van der Waals surface area contributed by atoms with Gasteiger partial charge in [-0.25, -0.2) is 0 Å². The minimum atomic E-state index is -0.0939. The first-order valence-corrected chi connectivity index (χ1v) is 9.42. The van der Waals surface area contributed by atoms with E-state index in [9.17, 15) is 4.79 Å². The molecule has 1 amide bonds. The molecule has 0 spiro atoms. The van der Waals surface area contributed by atoms with Gasteiger partial charge in [0, 0.05) is 6.04 Å². The average Bonchev–Trinajstić information content (AvgIpc) is 2.54. The summed E-state index contributed by atoms with van der Waals surface area (Å²) in [5.41, 5.74) is 1.65. The van der Waals surface area contributed by atoms with Gasteiger partial charge in [-0.3, -0.25) is 4.79 Å². The van der Waals surface area contributed by atoms with Crippen LogP contribution in [0.3, 0.4) is 0 Å². The quantitative estimate of drug-likeness (QED) is 0.875. The van der Waals surface area contributed by atoms with Crippen LogP contribution in [0.4, 0.5) is 0 Å². The number of rotatable bonds is 4. The summed E-state index contributed by atoms with van der Waals surface area (Å²) in [6.45, 7) is 4.28. The lowest BCUT2D eigenvalue weighted by Crippen LogP contribution is -2.59. The highest BCUT2D eigenvalue weighted by molar-refractivity contribution is 5.83. The van der Waals surface area contributed by atoms with Crippen molar-refractivity contribution in [2.45, 2.75) is 70.3 Å².